The number of likely N-dealkylation sites (N-methyl/N-ethyl adjacent to an activating group) is 2. The van der Waals surface area contributed by atoms with Gasteiger partial charge in [0.05, 0.1) is 0 Å². The first kappa shape index (κ1) is 14.8. The average molecular weight is 257 g/mol. The summed E-state index contributed by atoms with van der Waals surface area (Å²) in [7, 11) is 3.55. The van der Waals surface area contributed by atoms with Gasteiger partial charge in [0, 0.05) is 19.6 Å². The van der Waals surface area contributed by atoms with Gasteiger partial charge in [0.1, 0.15) is 6.04 Å². The van der Waals surface area contributed by atoms with E-state index in [1.54, 1.807) is 0 Å². The molecule has 2 unspecified atom stereocenters. The van der Waals surface area contributed by atoms with Crippen molar-refractivity contribution in [2.75, 3.05) is 27.2 Å². The highest BCUT2D eigenvalue weighted by Crippen LogP contribution is 2.14. The van der Waals surface area contributed by atoms with Crippen molar-refractivity contribution in [2.45, 2.75) is 38.3 Å². The number of amides is 2. The normalized spacial score (nSPS) is 22.3. The topological polar surface area (TPSA) is 72.9 Å². The van der Waals surface area contributed by atoms with Gasteiger partial charge in [-0.05, 0) is 33.4 Å². The molecule has 0 aromatic rings. The predicted octanol–water partition coefficient (Wildman–Crippen LogP) is 0.585. The lowest BCUT2D eigenvalue weighted by Gasteiger charge is -2.33. The van der Waals surface area contributed by atoms with E-state index in [0.29, 0.717) is 12.6 Å². The van der Waals surface area contributed by atoms with E-state index < -0.39 is 12.0 Å². The summed E-state index contributed by atoms with van der Waals surface area (Å²) in [5.41, 5.74) is 0. The van der Waals surface area contributed by atoms with Crippen molar-refractivity contribution < 1.29 is 14.7 Å². The number of urea groups is 1. The minimum Gasteiger partial charge on any atom is -0.480 e. The first-order valence-corrected chi connectivity index (χ1v) is 6.37. The summed E-state index contributed by atoms with van der Waals surface area (Å²) in [6, 6.07) is -0.783. The smallest absolute Gasteiger partial charge is 0.326 e. The summed E-state index contributed by atoms with van der Waals surface area (Å²) < 4.78 is 0. The van der Waals surface area contributed by atoms with Gasteiger partial charge in [0.15, 0.2) is 0 Å². The van der Waals surface area contributed by atoms with Gasteiger partial charge >= 0.3 is 12.0 Å². The van der Waals surface area contributed by atoms with Gasteiger partial charge < -0.3 is 20.2 Å². The van der Waals surface area contributed by atoms with Crippen LogP contribution in [-0.2, 0) is 4.79 Å². The number of carboxylic acid groups (broad SMARTS) is 1. The molecule has 0 aromatic heterocycles. The molecule has 0 aromatic carbocycles. The van der Waals surface area contributed by atoms with Gasteiger partial charge in [0.25, 0.3) is 0 Å². The van der Waals surface area contributed by atoms with Crippen molar-refractivity contribution in [2.24, 2.45) is 0 Å². The van der Waals surface area contributed by atoms with E-state index in [9.17, 15) is 9.59 Å². The second-order valence-corrected chi connectivity index (χ2v) is 4.94. The third-order valence-electron chi connectivity index (χ3n) is 3.67. The molecule has 2 atom stereocenters. The van der Waals surface area contributed by atoms with Crippen LogP contribution in [0.5, 0.6) is 0 Å². The lowest BCUT2D eigenvalue weighted by Crippen LogP contribution is -2.50. The minimum absolute atomic E-state index is 0.330. The monoisotopic (exact) mass is 257 g/mol. The minimum atomic E-state index is -0.998. The number of aliphatic carboxylic acids is 1. The van der Waals surface area contributed by atoms with Crippen LogP contribution in [0.15, 0.2) is 0 Å². The van der Waals surface area contributed by atoms with E-state index in [2.05, 4.69) is 17.3 Å². The van der Waals surface area contributed by atoms with Gasteiger partial charge in [-0.1, -0.05) is 6.42 Å². The summed E-state index contributed by atoms with van der Waals surface area (Å²) in [6.07, 6.45) is 3.47. The highest BCUT2D eigenvalue weighted by molar-refractivity contribution is 5.82. The Balaban J connectivity index is 2.38. The third-order valence-corrected chi connectivity index (χ3v) is 3.67. The first-order chi connectivity index (χ1) is 8.43. The second kappa shape index (κ2) is 6.58. The van der Waals surface area contributed by atoms with E-state index in [0.717, 1.165) is 13.0 Å². The number of hydrogen-bond donors (Lipinski definition) is 2. The van der Waals surface area contributed by atoms with E-state index in [4.69, 9.17) is 5.11 Å². The number of carboxylic acids is 1. The van der Waals surface area contributed by atoms with Gasteiger partial charge in [-0.3, -0.25) is 0 Å². The second-order valence-electron chi connectivity index (χ2n) is 4.94. The van der Waals surface area contributed by atoms with E-state index in [1.165, 1.54) is 31.7 Å². The van der Waals surface area contributed by atoms with Crippen LogP contribution in [0.2, 0.25) is 0 Å². The quantitative estimate of drug-likeness (QED) is 0.773. The van der Waals surface area contributed by atoms with Crippen molar-refractivity contribution >= 4 is 12.0 Å². The molecule has 0 spiro atoms. The maximum atomic E-state index is 11.8. The first-order valence-electron chi connectivity index (χ1n) is 6.37. The van der Waals surface area contributed by atoms with Crippen LogP contribution in [0.4, 0.5) is 4.79 Å². The van der Waals surface area contributed by atoms with Crippen LogP contribution >= 0.6 is 0 Å². The number of rotatable bonds is 4. The zero-order valence-corrected chi connectivity index (χ0v) is 11.3. The molecule has 6 heteroatoms. The fourth-order valence-corrected chi connectivity index (χ4v) is 2.07. The molecule has 1 aliphatic rings. The molecular formula is C12H23N3O3. The molecule has 1 rings (SSSR count). The zero-order chi connectivity index (χ0) is 13.7. The molecule has 18 heavy (non-hydrogen) atoms. The molecule has 6 nitrogen and oxygen atoms in total. The maximum absolute atomic E-state index is 11.8. The molecule has 2 amide bonds. The third kappa shape index (κ3) is 3.87. The zero-order valence-electron chi connectivity index (χ0n) is 11.3. The van der Waals surface area contributed by atoms with Crippen molar-refractivity contribution in [3.8, 4) is 0 Å². The van der Waals surface area contributed by atoms with Crippen LogP contribution < -0.4 is 5.32 Å². The van der Waals surface area contributed by atoms with Gasteiger partial charge in [-0.25, -0.2) is 9.59 Å². The molecule has 1 aliphatic heterocycles. The van der Waals surface area contributed by atoms with Crippen LogP contribution in [-0.4, -0.2) is 66.2 Å². The van der Waals surface area contributed by atoms with E-state index in [1.807, 2.05) is 0 Å². The number of piperidine rings is 1. The average Bonchev–Trinajstić information content (AvgIpc) is 2.35. The summed E-state index contributed by atoms with van der Waals surface area (Å²) in [5.74, 6) is -0.998. The molecule has 1 heterocycles. The lowest BCUT2D eigenvalue weighted by molar-refractivity contribution is -0.141. The van der Waals surface area contributed by atoms with E-state index in [-0.39, 0.29) is 6.03 Å². The Morgan fingerprint density at radius 1 is 1.50 bits per heavy atom. The molecular weight excluding hydrogens is 234 g/mol. The number of nitrogens with one attached hydrogen (secondary N) is 1. The van der Waals surface area contributed by atoms with Crippen molar-refractivity contribution in [1.82, 2.24) is 15.1 Å². The summed E-state index contributed by atoms with van der Waals surface area (Å²) >= 11 is 0. The Kier molecular flexibility index (Phi) is 5.40. The number of carbonyl (C=O) groups excluding carboxylic acids is 1. The Bertz CT molecular complexity index is 309. The SMILES string of the molecule is CC(C(=O)O)N(C)C(=O)NCC1CCCCN1C. The predicted molar refractivity (Wildman–Crippen MR) is 68.5 cm³/mol. The van der Waals surface area contributed by atoms with Crippen LogP contribution in [0.3, 0.4) is 0 Å². The van der Waals surface area contributed by atoms with Crippen molar-refractivity contribution in [1.29, 1.82) is 0 Å². The molecule has 1 saturated heterocycles. The molecule has 0 radical (unpaired) electrons. The highest BCUT2D eigenvalue weighted by atomic mass is 16.4. The summed E-state index contributed by atoms with van der Waals surface area (Å²) in [4.78, 5) is 26.0. The van der Waals surface area contributed by atoms with Crippen LogP contribution in [0.1, 0.15) is 26.2 Å². The number of hydrogen-bond acceptors (Lipinski definition) is 3. The van der Waals surface area contributed by atoms with Crippen LogP contribution in [0.25, 0.3) is 0 Å². The summed E-state index contributed by atoms with van der Waals surface area (Å²) in [6.45, 7) is 3.13. The highest BCUT2D eigenvalue weighted by Gasteiger charge is 2.23. The fourth-order valence-electron chi connectivity index (χ4n) is 2.07. The number of likely N-dealkylation sites (tertiary alicyclic amines) is 1. The van der Waals surface area contributed by atoms with Gasteiger partial charge in [0.2, 0.25) is 0 Å². The molecule has 2 N–H and O–H groups in total. The maximum Gasteiger partial charge on any atom is 0.326 e. The lowest BCUT2D eigenvalue weighted by atomic mass is 10.0. The van der Waals surface area contributed by atoms with Crippen molar-refractivity contribution in [3.63, 3.8) is 0 Å². The molecule has 0 saturated carbocycles. The Labute approximate surface area is 108 Å². The van der Waals surface area contributed by atoms with Crippen molar-refractivity contribution in [3.05, 3.63) is 0 Å². The van der Waals surface area contributed by atoms with Gasteiger partial charge in [-0.15, -0.1) is 0 Å². The number of carbonyl (C=O) groups is 2. The Morgan fingerprint density at radius 2 is 2.17 bits per heavy atom. The molecule has 104 valence electrons. The fraction of sp³-hybridized carbons (Fsp3) is 0.833. The molecule has 1 fully saturated rings. The standard InChI is InChI=1S/C12H23N3O3/c1-9(11(16)17)15(3)12(18)13-8-10-6-4-5-7-14(10)2/h9-10H,4-8H2,1-3H3,(H,13,18)(H,16,17). The summed E-state index contributed by atoms with van der Waals surface area (Å²) in [5, 5.41) is 11.6. The van der Waals surface area contributed by atoms with Crippen LogP contribution in [0, 0.1) is 0 Å². The van der Waals surface area contributed by atoms with Gasteiger partial charge in [-0.2, -0.15) is 0 Å². The Hall–Kier alpha value is -1.30. The molecule has 0 bridgehead atoms. The molecule has 0 aliphatic carbocycles. The largest absolute Gasteiger partial charge is 0.480 e. The number of nitrogens with zero attached hydrogens (tertiary/aromatic N) is 2. The Morgan fingerprint density at radius 3 is 2.72 bits per heavy atom. The van der Waals surface area contributed by atoms with E-state index >= 15 is 0 Å².